The van der Waals surface area contributed by atoms with E-state index in [1.807, 2.05) is 128 Å². The number of allylic oxidation sites excluding steroid dienone is 1. The standard InChI is InChI=1S/C71H92N2O13S5/c1-4-31-80-32-19-37-87-38-30-73-71(79)60(28-17-18-29-72-55(2)3)49-66(74)61-47-62(85-51-64(90-41-35-83-69(77)45-58-24-13-7-14-25-58)53-88-39-33-81-67(75)43-56-20-9-5-10-21-56)50-63(48-61)86-52-65(91-42-36-84-70(78)46-59-26-15-8-16-27-59)54-89-40-34-82-68(76)44-57-22-11-6-12-23-57/h5-16,20-27,47-48,50,60,64-65,72H,2,4,17-19,28-46,49,51-54H2,1,3H3,(H,73,79). The van der Waals surface area contributed by atoms with Crippen LogP contribution in [0.1, 0.15) is 85.0 Å². The molecule has 0 bridgehead atoms. The monoisotopic (exact) mass is 1340 g/mol. The Kier molecular flexibility index (Phi) is 39.8. The van der Waals surface area contributed by atoms with E-state index in [4.69, 9.17) is 33.2 Å². The topological polar surface area (TPSA) is 191 Å². The van der Waals surface area contributed by atoms with E-state index in [1.54, 1.807) is 77.0 Å². The summed E-state index contributed by atoms with van der Waals surface area (Å²) in [6.45, 7) is 11.8. The van der Waals surface area contributed by atoms with Gasteiger partial charge in [0.25, 0.3) is 0 Å². The molecule has 0 aliphatic carbocycles. The van der Waals surface area contributed by atoms with Gasteiger partial charge in [-0.25, -0.2) is 0 Å². The van der Waals surface area contributed by atoms with Crippen LogP contribution in [0.5, 0.6) is 11.5 Å². The molecular weight excluding hydrogens is 1250 g/mol. The molecule has 1 amide bonds. The number of unbranched alkanes of at least 4 members (excludes halogenated alkanes) is 1. The van der Waals surface area contributed by atoms with E-state index < -0.39 is 5.92 Å². The van der Waals surface area contributed by atoms with Gasteiger partial charge in [0.05, 0.1) is 25.7 Å². The lowest BCUT2D eigenvalue weighted by Gasteiger charge is -2.20. The third-order valence-corrected chi connectivity index (χ3v) is 19.5. The summed E-state index contributed by atoms with van der Waals surface area (Å²) in [4.78, 5) is 79.7. The number of carbonyl (C=O) groups is 6. The Bertz CT molecular complexity index is 2710. The number of hydrogen-bond donors (Lipinski definition) is 2. The minimum absolute atomic E-state index is 0.0351. The number of hydrogen-bond acceptors (Lipinski definition) is 19. The number of esters is 4. The van der Waals surface area contributed by atoms with Crippen molar-refractivity contribution in [3.63, 3.8) is 0 Å². The summed E-state index contributed by atoms with van der Waals surface area (Å²) >= 11 is 8.17. The normalized spacial score (nSPS) is 12.0. The van der Waals surface area contributed by atoms with Crippen LogP contribution in [0.2, 0.25) is 0 Å². The Morgan fingerprint density at radius 3 is 1.34 bits per heavy atom. The SMILES string of the molecule is C=C(C)NCCCCC(CC(=O)c1cc(OCC(CSCCOC(=O)Cc2ccccc2)SCCOC(=O)Cc2ccccc2)cc(OCC(CSCCOC(=O)Cc2ccccc2)SCCOC(=O)Cc2ccccc2)c1)C(=O)NCCSCCCOCCC. The summed E-state index contributed by atoms with van der Waals surface area (Å²) in [5.41, 5.74) is 4.69. The zero-order chi connectivity index (χ0) is 64.8. The molecule has 20 heteroatoms. The maximum absolute atomic E-state index is 14.7. The fraction of sp³-hybridized carbons (Fsp3) is 0.465. The summed E-state index contributed by atoms with van der Waals surface area (Å²) in [6.07, 6.45) is 4.60. The molecule has 0 saturated carbocycles. The molecular formula is C71H92N2O13S5. The van der Waals surface area contributed by atoms with Crippen molar-refractivity contribution in [1.82, 2.24) is 10.6 Å². The van der Waals surface area contributed by atoms with Crippen molar-refractivity contribution in [2.75, 3.05) is 112 Å². The number of amides is 1. The van der Waals surface area contributed by atoms with Crippen molar-refractivity contribution in [2.45, 2.75) is 88.6 Å². The van der Waals surface area contributed by atoms with Crippen LogP contribution in [0.4, 0.5) is 0 Å². The molecule has 5 aromatic rings. The first kappa shape index (κ1) is 75.7. The molecule has 3 unspecified atom stereocenters. The summed E-state index contributed by atoms with van der Waals surface area (Å²) < 4.78 is 41.4. The number of carbonyl (C=O) groups excluding carboxylic acids is 6. The van der Waals surface area contributed by atoms with E-state index in [2.05, 4.69) is 24.1 Å². The Balaban J connectivity index is 1.33. The number of thioether (sulfide) groups is 5. The molecule has 0 aromatic heterocycles. The van der Waals surface area contributed by atoms with Crippen LogP contribution >= 0.6 is 58.8 Å². The van der Waals surface area contributed by atoms with E-state index in [1.165, 1.54) is 0 Å². The molecule has 0 aliphatic rings. The molecule has 0 spiro atoms. The molecule has 0 fully saturated rings. The van der Waals surface area contributed by atoms with Crippen molar-refractivity contribution in [1.29, 1.82) is 0 Å². The Labute approximate surface area is 560 Å². The summed E-state index contributed by atoms with van der Waals surface area (Å²) in [6, 6.07) is 43.0. The van der Waals surface area contributed by atoms with Crippen molar-refractivity contribution in [3.05, 3.63) is 180 Å². The first-order chi connectivity index (χ1) is 44.4. The van der Waals surface area contributed by atoms with Gasteiger partial charge in [-0.15, -0.1) is 0 Å². The predicted octanol–water partition coefficient (Wildman–Crippen LogP) is 12.4. The lowest BCUT2D eigenvalue weighted by Crippen LogP contribution is -2.33. The highest BCUT2D eigenvalue weighted by Crippen LogP contribution is 2.29. The van der Waals surface area contributed by atoms with Crippen molar-refractivity contribution in [3.8, 4) is 11.5 Å². The van der Waals surface area contributed by atoms with Gasteiger partial charge < -0.3 is 43.8 Å². The molecule has 2 N–H and O–H groups in total. The van der Waals surface area contributed by atoms with Crippen molar-refractivity contribution in [2.24, 2.45) is 5.92 Å². The second-order valence-electron chi connectivity index (χ2n) is 21.4. The molecule has 5 aromatic carbocycles. The highest BCUT2D eigenvalue weighted by molar-refractivity contribution is 8.03. The summed E-state index contributed by atoms with van der Waals surface area (Å²) in [5.74, 6) is 3.50. The number of benzene rings is 5. The van der Waals surface area contributed by atoms with Gasteiger partial charge in [0.15, 0.2) is 5.78 Å². The Morgan fingerprint density at radius 1 is 0.473 bits per heavy atom. The molecule has 0 saturated heterocycles. The van der Waals surface area contributed by atoms with Gasteiger partial charge in [-0.2, -0.15) is 58.8 Å². The fourth-order valence-corrected chi connectivity index (χ4v) is 13.8. The smallest absolute Gasteiger partial charge is 0.310 e. The maximum atomic E-state index is 14.7. The molecule has 15 nitrogen and oxygen atoms in total. The zero-order valence-electron chi connectivity index (χ0n) is 52.9. The fourth-order valence-electron chi connectivity index (χ4n) is 8.91. The Hall–Kier alpha value is -6.03. The van der Waals surface area contributed by atoms with Crippen LogP contribution < -0.4 is 20.1 Å². The van der Waals surface area contributed by atoms with E-state index in [9.17, 15) is 28.8 Å². The van der Waals surface area contributed by atoms with Crippen LogP contribution in [-0.2, 0) is 73.3 Å². The van der Waals surface area contributed by atoms with Crippen molar-refractivity contribution < 1.29 is 61.9 Å². The van der Waals surface area contributed by atoms with Gasteiger partial charge in [0, 0.05) is 107 Å². The highest BCUT2D eigenvalue weighted by Gasteiger charge is 2.24. The van der Waals surface area contributed by atoms with Gasteiger partial charge >= 0.3 is 23.9 Å². The largest absolute Gasteiger partial charge is 0.492 e. The number of ketones is 1. The molecule has 494 valence electrons. The van der Waals surface area contributed by atoms with Gasteiger partial charge in [-0.05, 0) is 72.7 Å². The van der Waals surface area contributed by atoms with E-state index in [0.717, 1.165) is 65.3 Å². The van der Waals surface area contributed by atoms with Crippen LogP contribution in [-0.4, -0.2) is 158 Å². The van der Waals surface area contributed by atoms with E-state index in [-0.39, 0.29) is 118 Å². The van der Waals surface area contributed by atoms with Crippen LogP contribution in [0.3, 0.4) is 0 Å². The molecule has 5 rings (SSSR count). The molecule has 0 heterocycles. The second-order valence-corrected chi connectivity index (χ2v) is 27.7. The van der Waals surface area contributed by atoms with E-state index in [0.29, 0.717) is 84.1 Å². The van der Waals surface area contributed by atoms with Gasteiger partial charge in [-0.3, -0.25) is 28.8 Å². The second kappa shape index (κ2) is 47.8. The van der Waals surface area contributed by atoms with Gasteiger partial charge in [0.1, 0.15) is 51.1 Å². The van der Waals surface area contributed by atoms with Gasteiger partial charge in [0.2, 0.25) is 5.91 Å². The zero-order valence-corrected chi connectivity index (χ0v) is 56.9. The van der Waals surface area contributed by atoms with Crippen molar-refractivity contribution >= 4 is 94.4 Å². The van der Waals surface area contributed by atoms with E-state index >= 15 is 0 Å². The third kappa shape index (κ3) is 36.1. The quantitative estimate of drug-likeness (QED) is 0.0162. The molecule has 0 radical (unpaired) electrons. The first-order valence-corrected chi connectivity index (χ1v) is 36.9. The number of ether oxygens (including phenoxy) is 7. The predicted molar refractivity (Wildman–Crippen MR) is 374 cm³/mol. The highest BCUT2D eigenvalue weighted by atomic mass is 32.2. The average Bonchev–Trinajstić information content (AvgIpc) is 1.83. The summed E-state index contributed by atoms with van der Waals surface area (Å²) in [7, 11) is 0. The lowest BCUT2D eigenvalue weighted by molar-refractivity contribution is -0.143. The minimum Gasteiger partial charge on any atom is -0.492 e. The van der Waals surface area contributed by atoms with Crippen LogP contribution in [0, 0.1) is 5.92 Å². The minimum atomic E-state index is -0.590. The molecule has 91 heavy (non-hydrogen) atoms. The third-order valence-electron chi connectivity index (χ3n) is 13.5. The van der Waals surface area contributed by atoms with Crippen LogP contribution in [0.25, 0.3) is 0 Å². The van der Waals surface area contributed by atoms with Gasteiger partial charge in [-0.1, -0.05) is 141 Å². The lowest BCUT2D eigenvalue weighted by atomic mass is 9.92. The van der Waals surface area contributed by atoms with Crippen LogP contribution in [0.15, 0.2) is 152 Å². The molecule has 0 aliphatic heterocycles. The average molecular weight is 1340 g/mol. The number of rotatable bonds is 51. The summed E-state index contributed by atoms with van der Waals surface area (Å²) in [5, 5.41) is 6.13. The maximum Gasteiger partial charge on any atom is 0.310 e. The molecule has 3 atom stereocenters. The first-order valence-electron chi connectivity index (χ1n) is 31.4. The number of Topliss-reactive ketones (excluding diaryl/α,β-unsaturated/α-hetero) is 1. The number of nitrogens with one attached hydrogen (secondary N) is 2. The Morgan fingerprint density at radius 2 is 0.912 bits per heavy atom.